The van der Waals surface area contributed by atoms with E-state index in [1.807, 2.05) is 44.2 Å². The lowest BCUT2D eigenvalue weighted by atomic mass is 10.1. The molecule has 0 atom stereocenters. The molecule has 0 fully saturated rings. The number of aromatic nitrogens is 2. The number of carbonyl (C=O) groups is 1. The summed E-state index contributed by atoms with van der Waals surface area (Å²) in [7, 11) is 1.67. The van der Waals surface area contributed by atoms with Crippen molar-refractivity contribution >= 4 is 34.3 Å². The summed E-state index contributed by atoms with van der Waals surface area (Å²) in [6, 6.07) is 13.0. The number of carbonyl (C=O) groups excluding carboxylic acids is 1. The van der Waals surface area contributed by atoms with Gasteiger partial charge in [-0.3, -0.25) is 14.2 Å². The van der Waals surface area contributed by atoms with Gasteiger partial charge >= 0.3 is 0 Å². The maximum absolute atomic E-state index is 12.4. The number of thioether (sulfide) groups is 1. The number of aryl methyl sites for hydroxylation is 2. The fourth-order valence-corrected chi connectivity index (χ4v) is 3.24. The average Bonchev–Trinajstić information content (AvgIpc) is 2.60. The van der Waals surface area contributed by atoms with Crippen LogP contribution in [0.4, 0.5) is 5.69 Å². The summed E-state index contributed by atoms with van der Waals surface area (Å²) in [5, 5.41) is 3.98. The molecular formula is C19H19N3O2S. The number of hydrogen-bond acceptors (Lipinski definition) is 4. The van der Waals surface area contributed by atoms with Crippen LogP contribution in [0.2, 0.25) is 0 Å². The average molecular weight is 353 g/mol. The van der Waals surface area contributed by atoms with Crippen molar-refractivity contribution in [3.63, 3.8) is 0 Å². The van der Waals surface area contributed by atoms with E-state index in [4.69, 9.17) is 0 Å². The molecule has 0 saturated heterocycles. The van der Waals surface area contributed by atoms with Crippen LogP contribution in [-0.2, 0) is 11.8 Å². The Morgan fingerprint density at radius 2 is 1.92 bits per heavy atom. The highest BCUT2D eigenvalue weighted by molar-refractivity contribution is 7.99. The molecule has 6 heteroatoms. The predicted octanol–water partition coefficient (Wildman–Crippen LogP) is 3.28. The number of hydrogen-bond donors (Lipinski definition) is 1. The van der Waals surface area contributed by atoms with Crippen molar-refractivity contribution in [3.05, 3.63) is 63.9 Å². The maximum atomic E-state index is 12.4. The molecule has 3 aromatic rings. The molecule has 0 aliphatic carbocycles. The van der Waals surface area contributed by atoms with Crippen LogP contribution in [0, 0.1) is 13.8 Å². The molecule has 3 rings (SSSR count). The highest BCUT2D eigenvalue weighted by Gasteiger charge is 2.11. The van der Waals surface area contributed by atoms with Crippen LogP contribution in [0.15, 0.2) is 52.4 Å². The lowest BCUT2D eigenvalue weighted by Gasteiger charge is -2.10. The van der Waals surface area contributed by atoms with Gasteiger partial charge in [-0.05, 0) is 49.2 Å². The molecule has 1 aromatic heterocycles. The molecular weight excluding hydrogens is 334 g/mol. The zero-order chi connectivity index (χ0) is 18.0. The fraction of sp³-hybridized carbons (Fsp3) is 0.211. The highest BCUT2D eigenvalue weighted by atomic mass is 32.2. The summed E-state index contributed by atoms with van der Waals surface area (Å²) >= 11 is 1.25. The Morgan fingerprint density at radius 1 is 1.16 bits per heavy atom. The van der Waals surface area contributed by atoms with E-state index in [0.717, 1.165) is 11.3 Å². The molecule has 0 aliphatic heterocycles. The number of anilines is 1. The monoisotopic (exact) mass is 353 g/mol. The first-order valence-electron chi connectivity index (χ1n) is 7.91. The second-order valence-corrected chi connectivity index (χ2v) is 6.85. The summed E-state index contributed by atoms with van der Waals surface area (Å²) in [4.78, 5) is 29.0. The number of benzene rings is 2. The third kappa shape index (κ3) is 3.74. The minimum absolute atomic E-state index is 0.109. The minimum atomic E-state index is -0.129. The van der Waals surface area contributed by atoms with Gasteiger partial charge in [0.05, 0.1) is 16.7 Å². The van der Waals surface area contributed by atoms with Crippen LogP contribution in [0.3, 0.4) is 0 Å². The molecule has 2 aromatic carbocycles. The standard InChI is InChI=1S/C19H19N3O2S/c1-12-8-9-14(10-13(12)2)20-17(23)11-25-19-21-16-7-5-4-6-15(16)18(24)22(19)3/h4-10H,11H2,1-3H3,(H,20,23). The van der Waals surface area contributed by atoms with Gasteiger partial charge in [0, 0.05) is 12.7 Å². The van der Waals surface area contributed by atoms with Gasteiger partial charge < -0.3 is 5.32 Å². The quantitative estimate of drug-likeness (QED) is 0.577. The van der Waals surface area contributed by atoms with Crippen LogP contribution < -0.4 is 10.9 Å². The van der Waals surface area contributed by atoms with E-state index < -0.39 is 0 Å². The molecule has 1 N–H and O–H groups in total. The molecule has 0 radical (unpaired) electrons. The smallest absolute Gasteiger partial charge is 0.261 e. The number of fused-ring (bicyclic) bond motifs is 1. The molecule has 0 aliphatic rings. The van der Waals surface area contributed by atoms with Crippen LogP contribution >= 0.6 is 11.8 Å². The lowest BCUT2D eigenvalue weighted by Crippen LogP contribution is -2.21. The number of amides is 1. The van der Waals surface area contributed by atoms with Crippen molar-refractivity contribution in [1.29, 1.82) is 0 Å². The molecule has 1 heterocycles. The Bertz CT molecular complexity index is 1010. The van der Waals surface area contributed by atoms with Gasteiger partial charge in [0.2, 0.25) is 5.91 Å². The maximum Gasteiger partial charge on any atom is 0.261 e. The molecule has 128 valence electrons. The van der Waals surface area contributed by atoms with Crippen LogP contribution in [-0.4, -0.2) is 21.2 Å². The van der Waals surface area contributed by atoms with E-state index in [0.29, 0.717) is 16.1 Å². The summed E-state index contributed by atoms with van der Waals surface area (Å²) in [6.07, 6.45) is 0. The van der Waals surface area contributed by atoms with Gasteiger partial charge in [0.1, 0.15) is 0 Å². The summed E-state index contributed by atoms with van der Waals surface area (Å²) in [5.41, 5.74) is 3.62. The highest BCUT2D eigenvalue weighted by Crippen LogP contribution is 2.18. The van der Waals surface area contributed by atoms with Gasteiger partial charge in [-0.1, -0.05) is 30.0 Å². The second-order valence-electron chi connectivity index (χ2n) is 5.91. The largest absolute Gasteiger partial charge is 0.325 e. The first-order chi connectivity index (χ1) is 12.0. The first-order valence-corrected chi connectivity index (χ1v) is 8.90. The van der Waals surface area contributed by atoms with Crippen molar-refractivity contribution in [3.8, 4) is 0 Å². The Labute approximate surface area is 150 Å². The zero-order valence-corrected chi connectivity index (χ0v) is 15.2. The second kappa shape index (κ2) is 7.11. The van der Waals surface area contributed by atoms with Crippen LogP contribution in [0.1, 0.15) is 11.1 Å². The summed E-state index contributed by atoms with van der Waals surface area (Å²) in [5.74, 6) is 0.0570. The first kappa shape index (κ1) is 17.2. The van der Waals surface area contributed by atoms with Crippen LogP contribution in [0.5, 0.6) is 0 Å². The minimum Gasteiger partial charge on any atom is -0.325 e. The van der Waals surface area contributed by atoms with Gasteiger partial charge in [-0.15, -0.1) is 0 Å². The molecule has 0 spiro atoms. The Kier molecular flexibility index (Phi) is 4.90. The van der Waals surface area contributed by atoms with E-state index in [-0.39, 0.29) is 17.2 Å². The van der Waals surface area contributed by atoms with Crippen molar-refractivity contribution in [2.24, 2.45) is 7.05 Å². The van der Waals surface area contributed by atoms with Crippen molar-refractivity contribution in [2.45, 2.75) is 19.0 Å². The summed E-state index contributed by atoms with van der Waals surface area (Å²) in [6.45, 7) is 4.04. The number of nitrogens with one attached hydrogen (secondary N) is 1. The van der Waals surface area contributed by atoms with Crippen LogP contribution in [0.25, 0.3) is 10.9 Å². The number of nitrogens with zero attached hydrogens (tertiary/aromatic N) is 2. The van der Waals surface area contributed by atoms with E-state index in [2.05, 4.69) is 10.3 Å². The molecule has 0 saturated carbocycles. The van der Waals surface area contributed by atoms with Gasteiger partial charge in [-0.25, -0.2) is 4.98 Å². The number of rotatable bonds is 4. The molecule has 1 amide bonds. The molecule has 25 heavy (non-hydrogen) atoms. The topological polar surface area (TPSA) is 64.0 Å². The number of para-hydroxylation sites is 1. The summed E-state index contributed by atoms with van der Waals surface area (Å²) < 4.78 is 1.48. The third-order valence-electron chi connectivity index (χ3n) is 4.07. The van der Waals surface area contributed by atoms with E-state index in [9.17, 15) is 9.59 Å². The van der Waals surface area contributed by atoms with Gasteiger partial charge in [-0.2, -0.15) is 0 Å². The SMILES string of the molecule is Cc1ccc(NC(=O)CSc2nc3ccccc3c(=O)n2C)cc1C. The van der Waals surface area contributed by atoms with E-state index in [1.165, 1.54) is 21.9 Å². The fourth-order valence-electron chi connectivity index (χ4n) is 2.47. The Hall–Kier alpha value is -2.60. The molecule has 5 nitrogen and oxygen atoms in total. The molecule has 0 unspecified atom stereocenters. The van der Waals surface area contributed by atoms with Crippen molar-refractivity contribution in [2.75, 3.05) is 11.1 Å². The lowest BCUT2D eigenvalue weighted by molar-refractivity contribution is -0.113. The Balaban J connectivity index is 1.73. The van der Waals surface area contributed by atoms with Gasteiger partial charge in [0.25, 0.3) is 5.56 Å². The van der Waals surface area contributed by atoms with E-state index in [1.54, 1.807) is 19.2 Å². The Morgan fingerprint density at radius 3 is 2.68 bits per heavy atom. The zero-order valence-electron chi connectivity index (χ0n) is 14.4. The van der Waals surface area contributed by atoms with Crippen molar-refractivity contribution < 1.29 is 4.79 Å². The predicted molar refractivity (Wildman–Crippen MR) is 102 cm³/mol. The van der Waals surface area contributed by atoms with Crippen molar-refractivity contribution in [1.82, 2.24) is 9.55 Å². The molecule has 0 bridgehead atoms. The van der Waals surface area contributed by atoms with Gasteiger partial charge in [0.15, 0.2) is 5.16 Å². The van der Waals surface area contributed by atoms with E-state index >= 15 is 0 Å². The normalized spacial score (nSPS) is 10.8. The third-order valence-corrected chi connectivity index (χ3v) is 5.10.